The summed E-state index contributed by atoms with van der Waals surface area (Å²) in [5.74, 6) is 0.992. The number of hydrogen-bond acceptors (Lipinski definition) is 3. The highest BCUT2D eigenvalue weighted by molar-refractivity contribution is 5.36. The van der Waals surface area contributed by atoms with Gasteiger partial charge in [0.15, 0.2) is 0 Å². The van der Waals surface area contributed by atoms with Crippen molar-refractivity contribution in [2.24, 2.45) is 0 Å². The minimum absolute atomic E-state index is 0.154. The van der Waals surface area contributed by atoms with Gasteiger partial charge < -0.3 is 14.6 Å². The zero-order valence-electron chi connectivity index (χ0n) is 12.2. The molecule has 2 aliphatic rings. The molecule has 20 heavy (non-hydrogen) atoms. The van der Waals surface area contributed by atoms with Crippen LogP contribution in [0.15, 0.2) is 18.2 Å². The van der Waals surface area contributed by atoms with Crippen LogP contribution in [0.4, 0.5) is 0 Å². The molecule has 1 N–H and O–H groups in total. The number of aryl methyl sites for hydroxylation is 1. The van der Waals surface area contributed by atoms with Crippen molar-refractivity contribution in [3.05, 3.63) is 23.8 Å². The average Bonchev–Trinajstić information content (AvgIpc) is 2.79. The molecule has 1 aliphatic heterocycles. The number of ether oxygens (including phenoxy) is 2. The molecule has 1 unspecified atom stereocenters. The first-order valence-electron chi connectivity index (χ1n) is 7.77. The molecule has 1 saturated carbocycles. The van der Waals surface area contributed by atoms with Gasteiger partial charge >= 0.3 is 0 Å². The molecule has 0 bridgehead atoms. The Morgan fingerprint density at radius 3 is 2.75 bits per heavy atom. The van der Waals surface area contributed by atoms with Gasteiger partial charge in [-0.25, -0.2) is 0 Å². The van der Waals surface area contributed by atoms with Gasteiger partial charge in [0.2, 0.25) is 0 Å². The number of rotatable bonds is 3. The zero-order valence-corrected chi connectivity index (χ0v) is 12.2. The molecule has 0 radical (unpaired) electrons. The standard InChI is InChI=1S/C17H24O3/c1-13-9-14(18)11-16(10-13)19-12-15-5-8-17(20-15)6-3-2-4-7-17/h9-11,15,18H,2-8,12H2,1H3. The Kier molecular flexibility index (Phi) is 3.88. The van der Waals surface area contributed by atoms with Crippen molar-refractivity contribution in [1.29, 1.82) is 0 Å². The third kappa shape index (κ3) is 3.09. The Morgan fingerprint density at radius 2 is 2.00 bits per heavy atom. The second kappa shape index (κ2) is 5.65. The van der Waals surface area contributed by atoms with E-state index in [0.29, 0.717) is 6.61 Å². The van der Waals surface area contributed by atoms with Gasteiger partial charge in [-0.1, -0.05) is 19.3 Å². The molecular formula is C17H24O3. The maximum absolute atomic E-state index is 9.57. The van der Waals surface area contributed by atoms with Crippen LogP contribution < -0.4 is 4.74 Å². The van der Waals surface area contributed by atoms with Crippen molar-refractivity contribution in [2.45, 2.75) is 63.6 Å². The summed E-state index contributed by atoms with van der Waals surface area (Å²) >= 11 is 0. The van der Waals surface area contributed by atoms with Crippen LogP contribution in [0.25, 0.3) is 0 Å². The van der Waals surface area contributed by atoms with Gasteiger partial charge in [0.25, 0.3) is 0 Å². The van der Waals surface area contributed by atoms with Gasteiger partial charge in [0.05, 0.1) is 11.7 Å². The molecule has 1 aliphatic carbocycles. The summed E-state index contributed by atoms with van der Waals surface area (Å²) in [6.45, 7) is 2.54. The van der Waals surface area contributed by atoms with Crippen molar-refractivity contribution in [3.63, 3.8) is 0 Å². The molecule has 1 spiro atoms. The smallest absolute Gasteiger partial charge is 0.123 e. The summed E-state index contributed by atoms with van der Waals surface area (Å²) in [5, 5.41) is 9.57. The van der Waals surface area contributed by atoms with E-state index in [4.69, 9.17) is 9.47 Å². The van der Waals surface area contributed by atoms with Gasteiger partial charge in [-0.2, -0.15) is 0 Å². The number of benzene rings is 1. The van der Waals surface area contributed by atoms with Gasteiger partial charge in [-0.3, -0.25) is 0 Å². The van der Waals surface area contributed by atoms with Crippen LogP contribution in [0.2, 0.25) is 0 Å². The molecule has 3 rings (SSSR count). The Morgan fingerprint density at radius 1 is 1.20 bits per heavy atom. The van der Waals surface area contributed by atoms with Crippen molar-refractivity contribution in [1.82, 2.24) is 0 Å². The largest absolute Gasteiger partial charge is 0.508 e. The van der Waals surface area contributed by atoms with E-state index in [-0.39, 0.29) is 17.5 Å². The summed E-state index contributed by atoms with van der Waals surface area (Å²) in [6, 6.07) is 5.35. The summed E-state index contributed by atoms with van der Waals surface area (Å²) in [4.78, 5) is 0. The van der Waals surface area contributed by atoms with E-state index in [1.54, 1.807) is 12.1 Å². The Labute approximate surface area is 120 Å². The fourth-order valence-corrected chi connectivity index (χ4v) is 3.58. The molecule has 1 atom stereocenters. The molecule has 110 valence electrons. The van der Waals surface area contributed by atoms with Gasteiger partial charge in [-0.15, -0.1) is 0 Å². The number of hydrogen-bond donors (Lipinski definition) is 1. The molecule has 0 aromatic heterocycles. The second-order valence-corrected chi connectivity index (χ2v) is 6.34. The van der Waals surface area contributed by atoms with Crippen molar-refractivity contribution < 1.29 is 14.6 Å². The van der Waals surface area contributed by atoms with Crippen molar-refractivity contribution >= 4 is 0 Å². The second-order valence-electron chi connectivity index (χ2n) is 6.34. The van der Waals surface area contributed by atoms with E-state index < -0.39 is 0 Å². The molecule has 2 fully saturated rings. The normalized spacial score (nSPS) is 24.9. The molecule has 1 aromatic rings. The van der Waals surface area contributed by atoms with E-state index in [0.717, 1.165) is 17.7 Å². The minimum atomic E-state index is 0.154. The fourth-order valence-electron chi connectivity index (χ4n) is 3.58. The highest BCUT2D eigenvalue weighted by atomic mass is 16.6. The van der Waals surface area contributed by atoms with Gasteiger partial charge in [0.1, 0.15) is 18.1 Å². The maximum atomic E-state index is 9.57. The third-order valence-corrected chi connectivity index (χ3v) is 4.57. The third-order valence-electron chi connectivity index (χ3n) is 4.57. The van der Waals surface area contributed by atoms with Gasteiger partial charge in [-0.05, 0) is 50.3 Å². The Bertz CT molecular complexity index is 443. The molecule has 3 nitrogen and oxygen atoms in total. The Balaban J connectivity index is 1.54. The zero-order chi connectivity index (χ0) is 14.0. The van der Waals surface area contributed by atoms with Gasteiger partial charge in [0, 0.05) is 6.07 Å². The topological polar surface area (TPSA) is 38.7 Å². The van der Waals surface area contributed by atoms with Crippen LogP contribution in [0.5, 0.6) is 11.5 Å². The molecule has 1 saturated heterocycles. The van der Waals surface area contributed by atoms with E-state index in [1.165, 1.54) is 38.5 Å². The lowest BCUT2D eigenvalue weighted by Crippen LogP contribution is -2.32. The summed E-state index contributed by atoms with van der Waals surface area (Å²) < 4.78 is 12.1. The van der Waals surface area contributed by atoms with E-state index in [1.807, 2.05) is 13.0 Å². The van der Waals surface area contributed by atoms with Crippen LogP contribution in [0.3, 0.4) is 0 Å². The number of phenols is 1. The van der Waals surface area contributed by atoms with Crippen LogP contribution in [-0.2, 0) is 4.74 Å². The molecule has 3 heteroatoms. The molecule has 0 amide bonds. The van der Waals surface area contributed by atoms with E-state index in [2.05, 4.69) is 0 Å². The predicted octanol–water partition coefficient (Wildman–Crippen LogP) is 3.96. The highest BCUT2D eigenvalue weighted by Crippen LogP contribution is 2.42. The quantitative estimate of drug-likeness (QED) is 0.908. The average molecular weight is 276 g/mol. The first kappa shape index (κ1) is 13.7. The SMILES string of the molecule is Cc1cc(O)cc(OCC2CCC3(CCCCC3)O2)c1. The van der Waals surface area contributed by atoms with Crippen LogP contribution in [0, 0.1) is 6.92 Å². The number of phenolic OH excluding ortho intramolecular Hbond substituents is 1. The first-order chi connectivity index (χ1) is 9.65. The molecule has 1 aromatic carbocycles. The van der Waals surface area contributed by atoms with Crippen molar-refractivity contribution in [2.75, 3.05) is 6.61 Å². The highest BCUT2D eigenvalue weighted by Gasteiger charge is 2.40. The van der Waals surface area contributed by atoms with Crippen LogP contribution in [0.1, 0.15) is 50.5 Å². The molecule has 1 heterocycles. The van der Waals surface area contributed by atoms with Crippen molar-refractivity contribution in [3.8, 4) is 11.5 Å². The predicted molar refractivity (Wildman–Crippen MR) is 78.3 cm³/mol. The monoisotopic (exact) mass is 276 g/mol. The summed E-state index contributed by atoms with van der Waals surface area (Å²) in [6.07, 6.45) is 8.88. The van der Waals surface area contributed by atoms with Crippen LogP contribution >= 0.6 is 0 Å². The Hall–Kier alpha value is -1.22. The molecular weight excluding hydrogens is 252 g/mol. The maximum Gasteiger partial charge on any atom is 0.123 e. The lowest BCUT2D eigenvalue weighted by molar-refractivity contribution is -0.0748. The number of aromatic hydroxyl groups is 1. The van der Waals surface area contributed by atoms with E-state index in [9.17, 15) is 5.11 Å². The van der Waals surface area contributed by atoms with Crippen LogP contribution in [-0.4, -0.2) is 23.4 Å². The minimum Gasteiger partial charge on any atom is -0.508 e. The first-order valence-corrected chi connectivity index (χ1v) is 7.77. The van der Waals surface area contributed by atoms with E-state index >= 15 is 0 Å². The fraction of sp³-hybridized carbons (Fsp3) is 0.647. The summed E-state index contributed by atoms with van der Waals surface area (Å²) in [7, 11) is 0. The summed E-state index contributed by atoms with van der Waals surface area (Å²) in [5.41, 5.74) is 1.16. The lowest BCUT2D eigenvalue weighted by Gasteiger charge is -2.33. The lowest BCUT2D eigenvalue weighted by atomic mass is 9.83.